The standard InChI is InChI=1S/C14H18BrClN2O/c15-14-12(8-11(16)9-17-14)18-13(19)7-10-5-3-1-2-4-6-10/h8-10H,1-7H2,(H,18,19). The van der Waals surface area contributed by atoms with Gasteiger partial charge in [0.25, 0.3) is 0 Å². The number of hydrogen-bond acceptors (Lipinski definition) is 2. The van der Waals surface area contributed by atoms with Crippen molar-refractivity contribution in [3.63, 3.8) is 0 Å². The SMILES string of the molecule is O=C(CC1CCCCCC1)Nc1cc(Cl)cnc1Br. The van der Waals surface area contributed by atoms with Gasteiger partial charge in [-0.05, 0) is 40.8 Å². The summed E-state index contributed by atoms with van der Waals surface area (Å²) in [4.78, 5) is 16.1. The lowest BCUT2D eigenvalue weighted by Crippen LogP contribution is -2.16. The van der Waals surface area contributed by atoms with E-state index in [0.29, 0.717) is 27.7 Å². The molecule has 0 aromatic carbocycles. The Labute approximate surface area is 127 Å². The van der Waals surface area contributed by atoms with Crippen LogP contribution in [0.1, 0.15) is 44.9 Å². The number of pyridine rings is 1. The summed E-state index contributed by atoms with van der Waals surface area (Å²) in [6.07, 6.45) is 9.60. The first-order chi connectivity index (χ1) is 9.15. The van der Waals surface area contributed by atoms with E-state index in [9.17, 15) is 4.79 Å². The molecule has 1 aliphatic rings. The maximum atomic E-state index is 12.1. The van der Waals surface area contributed by atoms with Gasteiger partial charge in [0.2, 0.25) is 5.91 Å². The van der Waals surface area contributed by atoms with Gasteiger partial charge in [0.15, 0.2) is 0 Å². The summed E-state index contributed by atoms with van der Waals surface area (Å²) in [5.41, 5.74) is 0.645. The monoisotopic (exact) mass is 344 g/mol. The van der Waals surface area contributed by atoms with Gasteiger partial charge in [0.1, 0.15) is 4.60 Å². The third kappa shape index (κ3) is 4.77. The van der Waals surface area contributed by atoms with Crippen LogP contribution >= 0.6 is 27.5 Å². The lowest BCUT2D eigenvalue weighted by Gasteiger charge is -2.14. The van der Waals surface area contributed by atoms with Crippen LogP contribution in [0.5, 0.6) is 0 Å². The number of hydrogen-bond donors (Lipinski definition) is 1. The Morgan fingerprint density at radius 3 is 2.74 bits per heavy atom. The van der Waals surface area contributed by atoms with Gasteiger partial charge in [0, 0.05) is 12.6 Å². The van der Waals surface area contributed by atoms with Crippen LogP contribution in [0.4, 0.5) is 5.69 Å². The summed E-state index contributed by atoms with van der Waals surface area (Å²) in [5.74, 6) is 0.574. The van der Waals surface area contributed by atoms with Crippen LogP contribution in [-0.2, 0) is 4.79 Å². The molecular weight excluding hydrogens is 328 g/mol. The molecule has 0 aliphatic heterocycles. The number of carbonyl (C=O) groups is 1. The Kier molecular flexibility index (Phi) is 5.64. The van der Waals surface area contributed by atoms with Crippen molar-refractivity contribution in [1.29, 1.82) is 0 Å². The third-order valence-electron chi connectivity index (χ3n) is 3.53. The highest BCUT2D eigenvalue weighted by molar-refractivity contribution is 9.10. The summed E-state index contributed by atoms with van der Waals surface area (Å²) in [5, 5.41) is 3.41. The smallest absolute Gasteiger partial charge is 0.224 e. The van der Waals surface area contributed by atoms with E-state index in [4.69, 9.17) is 11.6 Å². The van der Waals surface area contributed by atoms with Crippen LogP contribution in [0.3, 0.4) is 0 Å². The first-order valence-electron chi connectivity index (χ1n) is 6.76. The maximum Gasteiger partial charge on any atom is 0.224 e. The second-order valence-corrected chi connectivity index (χ2v) is 6.29. The number of anilines is 1. The quantitative estimate of drug-likeness (QED) is 0.632. The predicted molar refractivity (Wildman–Crippen MR) is 81.4 cm³/mol. The van der Waals surface area contributed by atoms with E-state index in [-0.39, 0.29) is 5.91 Å². The molecule has 1 fully saturated rings. The molecule has 2 rings (SSSR count). The molecule has 0 atom stereocenters. The fourth-order valence-electron chi connectivity index (χ4n) is 2.54. The molecule has 0 bridgehead atoms. The minimum absolute atomic E-state index is 0.0525. The van der Waals surface area contributed by atoms with Crippen LogP contribution in [0.25, 0.3) is 0 Å². The molecule has 0 spiro atoms. The molecule has 1 aromatic heterocycles. The lowest BCUT2D eigenvalue weighted by molar-refractivity contribution is -0.117. The summed E-state index contributed by atoms with van der Waals surface area (Å²) in [6, 6.07) is 1.71. The number of rotatable bonds is 3. The molecule has 0 radical (unpaired) electrons. The number of amides is 1. The van der Waals surface area contributed by atoms with Gasteiger partial charge in [-0.1, -0.05) is 37.3 Å². The van der Waals surface area contributed by atoms with Crippen molar-refractivity contribution in [2.24, 2.45) is 5.92 Å². The number of aromatic nitrogens is 1. The Morgan fingerprint density at radius 1 is 1.37 bits per heavy atom. The van der Waals surface area contributed by atoms with Crippen molar-refractivity contribution in [3.05, 3.63) is 21.9 Å². The van der Waals surface area contributed by atoms with Crippen molar-refractivity contribution in [3.8, 4) is 0 Å². The molecule has 1 heterocycles. The molecule has 19 heavy (non-hydrogen) atoms. The van der Waals surface area contributed by atoms with Crippen molar-refractivity contribution < 1.29 is 4.79 Å². The lowest BCUT2D eigenvalue weighted by atomic mass is 9.96. The van der Waals surface area contributed by atoms with Gasteiger partial charge in [-0.25, -0.2) is 4.98 Å². The summed E-state index contributed by atoms with van der Waals surface area (Å²) >= 11 is 9.19. The molecule has 1 aliphatic carbocycles. The highest BCUT2D eigenvalue weighted by Gasteiger charge is 2.17. The number of nitrogens with one attached hydrogen (secondary N) is 1. The van der Waals surface area contributed by atoms with Crippen molar-refractivity contribution in [2.45, 2.75) is 44.9 Å². The van der Waals surface area contributed by atoms with Crippen LogP contribution in [0, 0.1) is 5.92 Å². The highest BCUT2D eigenvalue weighted by Crippen LogP contribution is 2.27. The number of carbonyl (C=O) groups excluding carboxylic acids is 1. The average Bonchev–Trinajstić information content (AvgIpc) is 2.62. The third-order valence-corrected chi connectivity index (χ3v) is 4.37. The fourth-order valence-corrected chi connectivity index (χ4v) is 3.02. The zero-order chi connectivity index (χ0) is 13.7. The highest BCUT2D eigenvalue weighted by atomic mass is 79.9. The molecule has 0 saturated heterocycles. The molecule has 3 nitrogen and oxygen atoms in total. The van der Waals surface area contributed by atoms with Gasteiger partial charge >= 0.3 is 0 Å². The average molecular weight is 346 g/mol. The van der Waals surface area contributed by atoms with Crippen LogP contribution < -0.4 is 5.32 Å². The second kappa shape index (κ2) is 7.25. The molecule has 1 amide bonds. The number of halogens is 2. The first-order valence-corrected chi connectivity index (χ1v) is 7.93. The van der Waals surface area contributed by atoms with Gasteiger partial charge in [-0.15, -0.1) is 0 Å². The maximum absolute atomic E-state index is 12.1. The minimum atomic E-state index is 0.0525. The van der Waals surface area contributed by atoms with E-state index in [2.05, 4.69) is 26.2 Å². The van der Waals surface area contributed by atoms with E-state index in [0.717, 1.165) is 0 Å². The van der Waals surface area contributed by atoms with Crippen molar-refractivity contribution >= 4 is 39.1 Å². The Morgan fingerprint density at radius 2 is 2.05 bits per heavy atom. The van der Waals surface area contributed by atoms with Gasteiger partial charge in [-0.2, -0.15) is 0 Å². The summed E-state index contributed by atoms with van der Waals surface area (Å²) < 4.78 is 0.617. The van der Waals surface area contributed by atoms with E-state index in [1.54, 1.807) is 12.3 Å². The van der Waals surface area contributed by atoms with E-state index in [1.165, 1.54) is 38.5 Å². The van der Waals surface area contributed by atoms with Gasteiger partial charge in [0.05, 0.1) is 10.7 Å². The topological polar surface area (TPSA) is 42.0 Å². The Hall–Kier alpha value is -0.610. The Balaban J connectivity index is 1.91. The molecule has 5 heteroatoms. The molecule has 1 saturated carbocycles. The minimum Gasteiger partial charge on any atom is -0.324 e. The van der Waals surface area contributed by atoms with E-state index in [1.807, 2.05) is 0 Å². The largest absolute Gasteiger partial charge is 0.324 e. The molecular formula is C14H18BrClN2O. The summed E-state index contributed by atoms with van der Waals surface area (Å²) in [7, 11) is 0. The van der Waals surface area contributed by atoms with Crippen molar-refractivity contribution in [2.75, 3.05) is 5.32 Å². The van der Waals surface area contributed by atoms with Gasteiger partial charge < -0.3 is 5.32 Å². The molecule has 1 aromatic rings. The predicted octanol–water partition coefficient (Wildman–Crippen LogP) is 4.80. The fraction of sp³-hybridized carbons (Fsp3) is 0.571. The number of nitrogens with zero attached hydrogens (tertiary/aromatic N) is 1. The van der Waals surface area contributed by atoms with E-state index < -0.39 is 0 Å². The van der Waals surface area contributed by atoms with Crippen LogP contribution in [0.2, 0.25) is 5.02 Å². The normalized spacial score (nSPS) is 16.9. The van der Waals surface area contributed by atoms with Gasteiger partial charge in [-0.3, -0.25) is 4.79 Å². The zero-order valence-electron chi connectivity index (χ0n) is 10.8. The van der Waals surface area contributed by atoms with Crippen LogP contribution in [-0.4, -0.2) is 10.9 Å². The van der Waals surface area contributed by atoms with E-state index >= 15 is 0 Å². The molecule has 1 N–H and O–H groups in total. The summed E-state index contributed by atoms with van der Waals surface area (Å²) in [6.45, 7) is 0. The zero-order valence-corrected chi connectivity index (χ0v) is 13.1. The molecule has 0 unspecified atom stereocenters. The molecule has 104 valence electrons. The Bertz CT molecular complexity index is 445. The van der Waals surface area contributed by atoms with Crippen LogP contribution in [0.15, 0.2) is 16.9 Å². The second-order valence-electron chi connectivity index (χ2n) is 5.10. The van der Waals surface area contributed by atoms with Crippen molar-refractivity contribution in [1.82, 2.24) is 4.98 Å². The first kappa shape index (κ1) is 14.8.